The lowest BCUT2D eigenvalue weighted by atomic mass is 9.92. The van der Waals surface area contributed by atoms with E-state index < -0.39 is 5.97 Å². The third-order valence-electron chi connectivity index (χ3n) is 3.75. The second-order valence-electron chi connectivity index (χ2n) is 5.39. The fraction of sp³-hybridized carbons (Fsp3) is 0.353. The number of pyridine rings is 1. The van der Waals surface area contributed by atoms with Crippen LogP contribution in [0, 0.1) is 6.92 Å². The number of esters is 1. The number of rotatable bonds is 4. The highest BCUT2D eigenvalue weighted by molar-refractivity contribution is 9.10. The van der Waals surface area contributed by atoms with Crippen LogP contribution in [0.5, 0.6) is 10.8 Å². The molecule has 0 atom stereocenters. The number of carbonyl (C=O) groups is 2. The van der Waals surface area contributed by atoms with Crippen LogP contribution < -0.4 is 4.74 Å². The van der Waals surface area contributed by atoms with E-state index in [1.807, 2.05) is 6.92 Å². The lowest BCUT2D eigenvalue weighted by Gasteiger charge is -2.13. The van der Waals surface area contributed by atoms with Crippen molar-refractivity contribution in [3.63, 3.8) is 0 Å². The molecule has 2 aromatic rings. The van der Waals surface area contributed by atoms with Gasteiger partial charge in [0.2, 0.25) is 0 Å². The third-order valence-corrected chi connectivity index (χ3v) is 5.28. The number of Topliss-reactive ketones (excluding diaryl/α,β-unsaturated/α-hetero) is 1. The van der Waals surface area contributed by atoms with Crippen LogP contribution in [0.25, 0.3) is 0 Å². The summed E-state index contributed by atoms with van der Waals surface area (Å²) in [6, 6.07) is 3.56. The average molecular weight is 410 g/mol. The first kappa shape index (κ1) is 17.1. The summed E-state index contributed by atoms with van der Waals surface area (Å²) in [6.45, 7) is 3.89. The maximum Gasteiger partial charge on any atom is 0.348 e. The van der Waals surface area contributed by atoms with Crippen molar-refractivity contribution < 1.29 is 19.1 Å². The monoisotopic (exact) mass is 409 g/mol. The van der Waals surface area contributed by atoms with Crippen LogP contribution in [-0.4, -0.2) is 23.3 Å². The van der Waals surface area contributed by atoms with Gasteiger partial charge in [-0.1, -0.05) is 11.3 Å². The highest BCUT2D eigenvalue weighted by Crippen LogP contribution is 2.42. The first-order valence-corrected chi connectivity index (χ1v) is 9.29. The first-order chi connectivity index (χ1) is 11.5. The molecular formula is C17H16BrNO4S. The Labute approximate surface area is 152 Å². The number of halogens is 1. The van der Waals surface area contributed by atoms with Gasteiger partial charge < -0.3 is 9.47 Å². The van der Waals surface area contributed by atoms with E-state index in [0.717, 1.165) is 12.0 Å². The van der Waals surface area contributed by atoms with E-state index in [1.54, 1.807) is 19.1 Å². The Morgan fingerprint density at radius 3 is 2.88 bits per heavy atom. The molecule has 7 heteroatoms. The minimum absolute atomic E-state index is 0.0146. The van der Waals surface area contributed by atoms with E-state index in [9.17, 15) is 9.59 Å². The molecule has 5 nitrogen and oxygen atoms in total. The Bertz CT molecular complexity index is 815. The van der Waals surface area contributed by atoms with E-state index >= 15 is 0 Å². The van der Waals surface area contributed by atoms with Gasteiger partial charge in [-0.05, 0) is 60.3 Å². The highest BCUT2D eigenvalue weighted by atomic mass is 79.9. The molecule has 126 valence electrons. The summed E-state index contributed by atoms with van der Waals surface area (Å²) in [6.07, 6.45) is 1.90. The van der Waals surface area contributed by atoms with Gasteiger partial charge in [-0.15, -0.1) is 0 Å². The van der Waals surface area contributed by atoms with Crippen molar-refractivity contribution >= 4 is 39.0 Å². The summed E-state index contributed by atoms with van der Waals surface area (Å²) in [5.41, 5.74) is 1.98. The van der Waals surface area contributed by atoms with Crippen LogP contribution in [0.1, 0.15) is 51.1 Å². The summed E-state index contributed by atoms with van der Waals surface area (Å²) in [4.78, 5) is 29.3. The number of ether oxygens (including phenoxy) is 2. The van der Waals surface area contributed by atoms with Crippen molar-refractivity contribution in [2.45, 2.75) is 33.1 Å². The molecule has 0 unspecified atom stereocenters. The molecule has 1 aliphatic rings. The van der Waals surface area contributed by atoms with Crippen LogP contribution >= 0.6 is 27.3 Å². The Morgan fingerprint density at radius 2 is 2.17 bits per heavy atom. The second kappa shape index (κ2) is 7.03. The zero-order chi connectivity index (χ0) is 17.3. The molecule has 0 spiro atoms. The lowest BCUT2D eigenvalue weighted by Crippen LogP contribution is -2.13. The molecule has 0 aromatic carbocycles. The lowest BCUT2D eigenvalue weighted by molar-refractivity contribution is 0.0531. The van der Waals surface area contributed by atoms with E-state index in [1.165, 1.54) is 11.3 Å². The predicted octanol–water partition coefficient (Wildman–Crippen LogP) is 4.70. The summed E-state index contributed by atoms with van der Waals surface area (Å²) < 4.78 is 11.8. The van der Waals surface area contributed by atoms with Gasteiger partial charge >= 0.3 is 5.97 Å². The van der Waals surface area contributed by atoms with Crippen LogP contribution in [-0.2, 0) is 11.2 Å². The normalized spacial score (nSPS) is 13.5. The Morgan fingerprint density at radius 1 is 1.38 bits per heavy atom. The van der Waals surface area contributed by atoms with Crippen molar-refractivity contribution in [1.82, 2.24) is 4.98 Å². The highest BCUT2D eigenvalue weighted by Gasteiger charge is 2.31. The van der Waals surface area contributed by atoms with Gasteiger partial charge in [0.05, 0.1) is 17.9 Å². The number of thiophene rings is 1. The van der Waals surface area contributed by atoms with Gasteiger partial charge in [0.15, 0.2) is 10.8 Å². The van der Waals surface area contributed by atoms with Crippen molar-refractivity contribution in [2.75, 3.05) is 6.61 Å². The zero-order valence-corrected chi connectivity index (χ0v) is 15.8. The number of aryl methyl sites for hydroxylation is 1. The molecular weight excluding hydrogens is 394 g/mol. The fourth-order valence-corrected chi connectivity index (χ4v) is 4.20. The summed E-state index contributed by atoms with van der Waals surface area (Å²) >= 11 is 4.49. The van der Waals surface area contributed by atoms with Gasteiger partial charge in [0.1, 0.15) is 15.2 Å². The number of aromatic nitrogens is 1. The van der Waals surface area contributed by atoms with Crippen molar-refractivity contribution in [3.8, 4) is 10.8 Å². The molecule has 3 rings (SSSR count). The van der Waals surface area contributed by atoms with Crippen LogP contribution in [0.4, 0.5) is 0 Å². The fourth-order valence-electron chi connectivity index (χ4n) is 2.67. The van der Waals surface area contributed by atoms with E-state index in [0.29, 0.717) is 51.0 Å². The number of fused-ring (bicyclic) bond motifs is 1. The molecule has 0 aliphatic heterocycles. The maximum atomic E-state index is 12.4. The number of hydrogen-bond acceptors (Lipinski definition) is 6. The Balaban J connectivity index is 2.04. The SMILES string of the molecule is CCOC(=O)c1sc(Oc2ccc(Br)nc2C)c2c1CCCC2=O. The summed E-state index contributed by atoms with van der Waals surface area (Å²) in [5.74, 6) is 0.186. The molecule has 2 heterocycles. The van der Waals surface area contributed by atoms with Crippen molar-refractivity contribution in [2.24, 2.45) is 0 Å². The molecule has 0 radical (unpaired) electrons. The van der Waals surface area contributed by atoms with Crippen LogP contribution in [0.15, 0.2) is 16.7 Å². The average Bonchev–Trinajstić information content (AvgIpc) is 2.90. The van der Waals surface area contributed by atoms with Gasteiger partial charge in [-0.25, -0.2) is 9.78 Å². The summed E-state index contributed by atoms with van der Waals surface area (Å²) in [7, 11) is 0. The second-order valence-corrected chi connectivity index (χ2v) is 7.18. The van der Waals surface area contributed by atoms with E-state index in [4.69, 9.17) is 9.47 Å². The van der Waals surface area contributed by atoms with Crippen molar-refractivity contribution in [3.05, 3.63) is 38.4 Å². The smallest absolute Gasteiger partial charge is 0.348 e. The van der Waals surface area contributed by atoms with Gasteiger partial charge in [-0.2, -0.15) is 0 Å². The molecule has 0 amide bonds. The van der Waals surface area contributed by atoms with E-state index in [2.05, 4.69) is 20.9 Å². The predicted molar refractivity (Wildman–Crippen MR) is 94.3 cm³/mol. The molecule has 0 saturated heterocycles. The minimum Gasteiger partial charge on any atom is -0.462 e. The number of ketones is 1. The molecule has 0 bridgehead atoms. The quantitative estimate of drug-likeness (QED) is 0.540. The first-order valence-electron chi connectivity index (χ1n) is 7.68. The zero-order valence-electron chi connectivity index (χ0n) is 13.3. The molecule has 24 heavy (non-hydrogen) atoms. The molecule has 2 aromatic heterocycles. The van der Waals surface area contributed by atoms with Gasteiger partial charge in [0.25, 0.3) is 0 Å². The van der Waals surface area contributed by atoms with E-state index in [-0.39, 0.29) is 5.78 Å². The standard InChI is InChI=1S/C17H16BrNO4S/c1-3-22-16(21)15-10-5-4-6-11(20)14(10)17(24-15)23-12-7-8-13(18)19-9(12)2/h7-8H,3-6H2,1-2H3. The maximum absolute atomic E-state index is 12.4. The third kappa shape index (κ3) is 3.23. The number of carbonyl (C=O) groups excluding carboxylic acids is 2. The molecule has 0 saturated carbocycles. The van der Waals surface area contributed by atoms with Crippen LogP contribution in [0.3, 0.4) is 0 Å². The van der Waals surface area contributed by atoms with Gasteiger partial charge in [-0.3, -0.25) is 4.79 Å². The van der Waals surface area contributed by atoms with Gasteiger partial charge in [0, 0.05) is 6.42 Å². The summed E-state index contributed by atoms with van der Waals surface area (Å²) in [5, 5.41) is 0.449. The topological polar surface area (TPSA) is 65.5 Å². The minimum atomic E-state index is -0.394. The molecule has 0 N–H and O–H groups in total. The number of hydrogen-bond donors (Lipinski definition) is 0. The van der Waals surface area contributed by atoms with Crippen LogP contribution in [0.2, 0.25) is 0 Å². The van der Waals surface area contributed by atoms with Crippen molar-refractivity contribution in [1.29, 1.82) is 0 Å². The largest absolute Gasteiger partial charge is 0.462 e. The number of nitrogens with zero attached hydrogens (tertiary/aromatic N) is 1. The Hall–Kier alpha value is -1.73. The Kier molecular flexibility index (Phi) is 5.01. The molecule has 1 aliphatic carbocycles. The molecule has 0 fully saturated rings.